The summed E-state index contributed by atoms with van der Waals surface area (Å²) in [6.45, 7) is 3.38. The summed E-state index contributed by atoms with van der Waals surface area (Å²) in [6.07, 6.45) is 6.38. The van der Waals surface area contributed by atoms with Gasteiger partial charge in [-0.05, 0) is 43.5 Å². The summed E-state index contributed by atoms with van der Waals surface area (Å²) < 4.78 is 0. The Morgan fingerprint density at radius 3 is 2.68 bits per heavy atom. The van der Waals surface area contributed by atoms with Crippen molar-refractivity contribution in [3.63, 3.8) is 0 Å². The molecule has 0 aliphatic carbocycles. The molecule has 4 nitrogen and oxygen atoms in total. The number of hydrogen-bond acceptors (Lipinski definition) is 3. The molecule has 3 N–H and O–H groups in total. The van der Waals surface area contributed by atoms with Crippen molar-refractivity contribution in [3.05, 3.63) is 29.8 Å². The van der Waals surface area contributed by atoms with Gasteiger partial charge in [-0.1, -0.05) is 24.9 Å². The first-order valence-electron chi connectivity index (χ1n) is 7.11. The van der Waals surface area contributed by atoms with Crippen molar-refractivity contribution >= 4 is 11.5 Å². The summed E-state index contributed by atoms with van der Waals surface area (Å²) in [7, 11) is 0. The third-order valence-electron chi connectivity index (χ3n) is 3.95. The van der Waals surface area contributed by atoms with Crippen LogP contribution in [0, 0.1) is 0 Å². The minimum absolute atomic E-state index is 0.162. The fourth-order valence-corrected chi connectivity index (χ4v) is 2.82. The summed E-state index contributed by atoms with van der Waals surface area (Å²) in [5.41, 5.74) is 7.59. The van der Waals surface area contributed by atoms with Gasteiger partial charge in [-0.3, -0.25) is 0 Å². The van der Waals surface area contributed by atoms with E-state index in [9.17, 15) is 0 Å². The number of benzene rings is 1. The maximum absolute atomic E-state index is 8.68. The highest BCUT2D eigenvalue weighted by atomic mass is 16.4. The molecule has 1 aromatic carbocycles. The first-order valence-corrected chi connectivity index (χ1v) is 7.11. The Bertz CT molecular complexity index is 428. The Labute approximate surface area is 114 Å². The first-order chi connectivity index (χ1) is 9.26. The number of amidine groups is 1. The van der Waals surface area contributed by atoms with Crippen LogP contribution in [0.25, 0.3) is 0 Å². The van der Waals surface area contributed by atoms with Crippen LogP contribution in [0.15, 0.2) is 29.4 Å². The van der Waals surface area contributed by atoms with E-state index in [1.54, 1.807) is 0 Å². The summed E-state index contributed by atoms with van der Waals surface area (Å²) in [6, 6.07) is 8.62. The number of hydrogen-bond donors (Lipinski definition) is 2. The summed E-state index contributed by atoms with van der Waals surface area (Å²) >= 11 is 0. The van der Waals surface area contributed by atoms with Crippen LogP contribution in [0.5, 0.6) is 0 Å². The van der Waals surface area contributed by atoms with Crippen LogP contribution >= 0.6 is 0 Å². The van der Waals surface area contributed by atoms with Gasteiger partial charge in [0.2, 0.25) is 0 Å². The Kier molecular flexibility index (Phi) is 4.66. The summed E-state index contributed by atoms with van der Waals surface area (Å²) in [5.74, 6) is 0.162. The monoisotopic (exact) mass is 261 g/mol. The Morgan fingerprint density at radius 1 is 1.32 bits per heavy atom. The molecule has 104 valence electrons. The highest BCUT2D eigenvalue weighted by Crippen LogP contribution is 2.26. The molecule has 0 radical (unpaired) electrons. The molecule has 1 aromatic rings. The molecular formula is C15H23N3O. The summed E-state index contributed by atoms with van der Waals surface area (Å²) in [4.78, 5) is 2.50. The lowest BCUT2D eigenvalue weighted by molar-refractivity contribution is 0.318. The van der Waals surface area contributed by atoms with Crippen LogP contribution in [0.2, 0.25) is 0 Å². The molecule has 0 aromatic heterocycles. The van der Waals surface area contributed by atoms with Crippen LogP contribution in [0.1, 0.15) is 44.6 Å². The van der Waals surface area contributed by atoms with Gasteiger partial charge in [0, 0.05) is 23.8 Å². The SMILES string of the molecule is CCC1CCCCCN1c1ccc(/C(N)=N/O)cc1. The van der Waals surface area contributed by atoms with Crippen LogP contribution in [0.3, 0.4) is 0 Å². The molecule has 1 atom stereocenters. The molecule has 1 aliphatic rings. The Balaban J connectivity index is 2.19. The maximum Gasteiger partial charge on any atom is 0.170 e. The average Bonchev–Trinajstić information content (AvgIpc) is 2.71. The van der Waals surface area contributed by atoms with Gasteiger partial charge < -0.3 is 15.8 Å². The van der Waals surface area contributed by atoms with Crippen LogP contribution in [-0.2, 0) is 0 Å². The van der Waals surface area contributed by atoms with Crippen molar-refractivity contribution < 1.29 is 5.21 Å². The highest BCUT2D eigenvalue weighted by Gasteiger charge is 2.19. The van der Waals surface area contributed by atoms with E-state index >= 15 is 0 Å². The van der Waals surface area contributed by atoms with Crippen molar-refractivity contribution in [2.75, 3.05) is 11.4 Å². The number of nitrogens with zero attached hydrogens (tertiary/aromatic N) is 2. The fraction of sp³-hybridized carbons (Fsp3) is 0.533. The van der Waals surface area contributed by atoms with Gasteiger partial charge in [-0.25, -0.2) is 0 Å². The van der Waals surface area contributed by atoms with E-state index in [1.165, 1.54) is 37.8 Å². The number of anilines is 1. The van der Waals surface area contributed by atoms with E-state index in [0.717, 1.165) is 12.1 Å². The van der Waals surface area contributed by atoms with Gasteiger partial charge in [-0.2, -0.15) is 0 Å². The molecule has 0 amide bonds. The Morgan fingerprint density at radius 2 is 2.05 bits per heavy atom. The van der Waals surface area contributed by atoms with Gasteiger partial charge in [0.1, 0.15) is 0 Å². The van der Waals surface area contributed by atoms with E-state index < -0.39 is 0 Å². The summed E-state index contributed by atoms with van der Waals surface area (Å²) in [5, 5.41) is 11.7. The van der Waals surface area contributed by atoms with Crippen molar-refractivity contribution in [3.8, 4) is 0 Å². The van der Waals surface area contributed by atoms with Gasteiger partial charge in [-0.15, -0.1) is 0 Å². The van der Waals surface area contributed by atoms with Gasteiger partial charge in [0.05, 0.1) is 0 Å². The number of oxime groups is 1. The molecule has 1 unspecified atom stereocenters. The zero-order valence-corrected chi connectivity index (χ0v) is 11.5. The molecule has 1 aliphatic heterocycles. The number of nitrogens with two attached hydrogens (primary N) is 1. The van der Waals surface area contributed by atoms with E-state index in [1.807, 2.05) is 12.1 Å². The third kappa shape index (κ3) is 3.19. The maximum atomic E-state index is 8.68. The lowest BCUT2D eigenvalue weighted by Gasteiger charge is -2.31. The lowest BCUT2D eigenvalue weighted by Crippen LogP contribution is -2.34. The second-order valence-electron chi connectivity index (χ2n) is 5.14. The average molecular weight is 261 g/mol. The topological polar surface area (TPSA) is 61.8 Å². The molecule has 0 spiro atoms. The second kappa shape index (κ2) is 6.45. The Hall–Kier alpha value is -1.71. The molecule has 0 saturated carbocycles. The van der Waals surface area contributed by atoms with Crippen LogP contribution < -0.4 is 10.6 Å². The van der Waals surface area contributed by atoms with Crippen molar-refractivity contribution in [2.24, 2.45) is 10.9 Å². The zero-order valence-electron chi connectivity index (χ0n) is 11.5. The van der Waals surface area contributed by atoms with Gasteiger partial charge in [0.15, 0.2) is 5.84 Å². The van der Waals surface area contributed by atoms with Crippen molar-refractivity contribution in [2.45, 2.75) is 45.1 Å². The van der Waals surface area contributed by atoms with Gasteiger partial charge in [0.25, 0.3) is 0 Å². The fourth-order valence-electron chi connectivity index (χ4n) is 2.82. The predicted octanol–water partition coefficient (Wildman–Crippen LogP) is 2.94. The van der Waals surface area contributed by atoms with Crippen LogP contribution in [0.4, 0.5) is 5.69 Å². The molecule has 0 bridgehead atoms. The lowest BCUT2D eigenvalue weighted by atomic mass is 10.1. The number of rotatable bonds is 3. The van der Waals surface area contributed by atoms with Crippen molar-refractivity contribution in [1.82, 2.24) is 0 Å². The largest absolute Gasteiger partial charge is 0.409 e. The van der Waals surface area contributed by atoms with E-state index in [-0.39, 0.29) is 5.84 Å². The minimum atomic E-state index is 0.162. The van der Waals surface area contributed by atoms with Crippen LogP contribution in [-0.4, -0.2) is 23.6 Å². The zero-order chi connectivity index (χ0) is 13.7. The smallest absolute Gasteiger partial charge is 0.170 e. The quantitative estimate of drug-likeness (QED) is 0.380. The predicted molar refractivity (Wildman–Crippen MR) is 78.8 cm³/mol. The van der Waals surface area contributed by atoms with E-state index in [4.69, 9.17) is 10.9 Å². The molecular weight excluding hydrogens is 238 g/mol. The molecule has 2 rings (SSSR count). The second-order valence-corrected chi connectivity index (χ2v) is 5.14. The highest BCUT2D eigenvalue weighted by molar-refractivity contribution is 5.97. The standard InChI is InChI=1S/C15H23N3O/c1-2-13-6-4-3-5-11-18(13)14-9-7-12(8-10-14)15(16)17-19/h7-10,13,19H,2-6,11H2,1H3,(H2,16,17). The van der Waals surface area contributed by atoms with Gasteiger partial charge >= 0.3 is 0 Å². The molecule has 4 heteroatoms. The molecule has 1 fully saturated rings. The molecule has 1 heterocycles. The molecule has 1 saturated heterocycles. The van der Waals surface area contributed by atoms with E-state index in [0.29, 0.717) is 6.04 Å². The third-order valence-corrected chi connectivity index (χ3v) is 3.95. The first kappa shape index (κ1) is 13.7. The van der Waals surface area contributed by atoms with Crippen molar-refractivity contribution in [1.29, 1.82) is 0 Å². The molecule has 19 heavy (non-hydrogen) atoms. The van der Waals surface area contributed by atoms with E-state index in [2.05, 4.69) is 29.1 Å². The minimum Gasteiger partial charge on any atom is -0.409 e. The normalized spacial score (nSPS) is 21.2.